The van der Waals surface area contributed by atoms with E-state index in [0.29, 0.717) is 6.42 Å². The molecule has 2 N–H and O–H groups in total. The van der Waals surface area contributed by atoms with Gasteiger partial charge in [0.2, 0.25) is 11.8 Å². The van der Waals surface area contributed by atoms with E-state index in [1.165, 1.54) is 16.5 Å². The van der Waals surface area contributed by atoms with E-state index in [-0.39, 0.29) is 52.3 Å². The average molecular weight is 492 g/mol. The first kappa shape index (κ1) is 23.7. The summed E-state index contributed by atoms with van der Waals surface area (Å²) in [6, 6.07) is 6.60. The minimum atomic E-state index is -0.757. The van der Waals surface area contributed by atoms with Gasteiger partial charge >= 0.3 is 5.97 Å². The van der Waals surface area contributed by atoms with Crippen LogP contribution in [0.5, 0.6) is 5.75 Å². The van der Waals surface area contributed by atoms with Crippen molar-refractivity contribution in [2.75, 3.05) is 4.90 Å². The molecular formula is C30H37NO5. The summed E-state index contributed by atoms with van der Waals surface area (Å²) >= 11 is 0. The Labute approximate surface area is 212 Å². The van der Waals surface area contributed by atoms with E-state index in [4.69, 9.17) is 0 Å². The van der Waals surface area contributed by atoms with Crippen LogP contribution in [-0.2, 0) is 14.4 Å². The number of imide groups is 1. The molecule has 4 fully saturated rings. The van der Waals surface area contributed by atoms with Crippen LogP contribution in [0.4, 0.5) is 5.69 Å². The Morgan fingerprint density at radius 3 is 2.44 bits per heavy atom. The number of amides is 2. The van der Waals surface area contributed by atoms with Crippen molar-refractivity contribution in [1.82, 2.24) is 0 Å². The Balaban J connectivity index is 1.50. The molecule has 0 radical (unpaired) electrons. The number of benzene rings is 1. The zero-order chi connectivity index (χ0) is 25.8. The molecule has 3 saturated carbocycles. The van der Waals surface area contributed by atoms with Crippen molar-refractivity contribution >= 4 is 23.5 Å². The van der Waals surface area contributed by atoms with Crippen molar-refractivity contribution in [3.8, 4) is 5.75 Å². The first-order chi connectivity index (χ1) is 17.0. The molecule has 6 aliphatic rings. The van der Waals surface area contributed by atoms with Crippen LogP contribution in [0.2, 0.25) is 0 Å². The molecule has 1 saturated heterocycles. The van der Waals surface area contributed by atoms with Crippen LogP contribution in [-0.4, -0.2) is 28.0 Å². The van der Waals surface area contributed by atoms with Gasteiger partial charge in [-0.1, -0.05) is 51.0 Å². The van der Waals surface area contributed by atoms with Crippen LogP contribution >= 0.6 is 0 Å². The zero-order valence-electron chi connectivity index (χ0n) is 21.7. The molecule has 1 heterocycles. The van der Waals surface area contributed by atoms with Crippen LogP contribution < -0.4 is 4.90 Å². The van der Waals surface area contributed by atoms with Gasteiger partial charge in [-0.25, -0.2) is 4.90 Å². The second-order valence-corrected chi connectivity index (χ2v) is 13.0. The Bertz CT molecular complexity index is 1200. The Morgan fingerprint density at radius 1 is 1.06 bits per heavy atom. The lowest BCUT2D eigenvalue weighted by Crippen LogP contribution is -2.65. The molecule has 0 unspecified atom stereocenters. The highest BCUT2D eigenvalue weighted by Gasteiger charge is 2.73. The first-order valence-corrected chi connectivity index (χ1v) is 13.6. The van der Waals surface area contributed by atoms with E-state index in [1.807, 2.05) is 6.92 Å². The fraction of sp³-hybridized carbons (Fsp3) is 0.633. The summed E-state index contributed by atoms with van der Waals surface area (Å²) < 4.78 is 0. The van der Waals surface area contributed by atoms with Gasteiger partial charge in [0, 0.05) is 5.41 Å². The minimum Gasteiger partial charge on any atom is -0.506 e. The van der Waals surface area contributed by atoms with Gasteiger partial charge in [-0.2, -0.15) is 0 Å². The number of para-hydroxylation sites is 2. The molecule has 36 heavy (non-hydrogen) atoms. The molecule has 6 heteroatoms. The highest BCUT2D eigenvalue weighted by Crippen LogP contribution is 2.74. The number of carboxylic acids is 1. The molecule has 6 nitrogen and oxygen atoms in total. The normalized spacial score (nSPS) is 43.2. The molecule has 1 spiro atoms. The largest absolute Gasteiger partial charge is 0.506 e. The van der Waals surface area contributed by atoms with E-state index in [2.05, 4.69) is 26.8 Å². The number of allylic oxidation sites excluding steroid dienone is 2. The fourth-order valence-corrected chi connectivity index (χ4v) is 9.85. The number of carbonyl (C=O) groups excluding carboxylic acids is 2. The van der Waals surface area contributed by atoms with Crippen molar-refractivity contribution < 1.29 is 24.6 Å². The monoisotopic (exact) mass is 491 g/mol. The van der Waals surface area contributed by atoms with E-state index < -0.39 is 28.6 Å². The average Bonchev–Trinajstić information content (AvgIpc) is 3.10. The zero-order valence-corrected chi connectivity index (χ0v) is 21.7. The van der Waals surface area contributed by atoms with Crippen molar-refractivity contribution in [1.29, 1.82) is 0 Å². The number of aromatic hydroxyl groups is 1. The number of phenols is 1. The summed E-state index contributed by atoms with van der Waals surface area (Å²) in [5.74, 6) is -1.54. The number of carboxylic acid groups (broad SMARTS) is 1. The van der Waals surface area contributed by atoms with Crippen LogP contribution in [0, 0.1) is 51.8 Å². The third-order valence-electron chi connectivity index (χ3n) is 11.3. The van der Waals surface area contributed by atoms with Gasteiger partial charge in [0.05, 0.1) is 22.9 Å². The Kier molecular flexibility index (Phi) is 4.92. The summed E-state index contributed by atoms with van der Waals surface area (Å²) in [5.41, 5.74) is 0.153. The first-order valence-electron chi connectivity index (χ1n) is 13.6. The maximum atomic E-state index is 14.2. The van der Waals surface area contributed by atoms with Crippen LogP contribution in [0.1, 0.15) is 66.2 Å². The Morgan fingerprint density at radius 2 is 1.78 bits per heavy atom. The minimum absolute atomic E-state index is 0.0252. The van der Waals surface area contributed by atoms with Crippen LogP contribution in [0.15, 0.2) is 35.9 Å². The maximum absolute atomic E-state index is 14.2. The van der Waals surface area contributed by atoms with Gasteiger partial charge in [0.25, 0.3) is 0 Å². The van der Waals surface area contributed by atoms with Gasteiger partial charge in [-0.3, -0.25) is 14.4 Å². The summed E-state index contributed by atoms with van der Waals surface area (Å²) in [7, 11) is 0. The smallest absolute Gasteiger partial charge is 0.309 e. The number of nitrogens with zero attached hydrogens (tertiary/aromatic N) is 1. The van der Waals surface area contributed by atoms with Gasteiger partial charge in [0.1, 0.15) is 5.75 Å². The lowest BCUT2D eigenvalue weighted by molar-refractivity contribution is -0.194. The molecule has 1 aromatic carbocycles. The van der Waals surface area contributed by atoms with Gasteiger partial charge in [-0.15, -0.1) is 0 Å². The quantitative estimate of drug-likeness (QED) is 0.436. The lowest BCUT2D eigenvalue weighted by atomic mass is 9.34. The molecule has 1 aromatic rings. The number of anilines is 1. The Hall–Kier alpha value is -2.63. The van der Waals surface area contributed by atoms with E-state index in [1.54, 1.807) is 18.2 Å². The number of carbonyl (C=O) groups is 3. The van der Waals surface area contributed by atoms with Crippen molar-refractivity contribution in [3.63, 3.8) is 0 Å². The predicted octanol–water partition coefficient (Wildman–Crippen LogP) is 5.41. The summed E-state index contributed by atoms with van der Waals surface area (Å²) in [6.45, 7) is 8.55. The predicted molar refractivity (Wildman–Crippen MR) is 135 cm³/mol. The standard InChI is InChI=1S/C30H37NO5/c1-16(2)18-15-30-13-10-21-28(3,11-7-12-29(21,4)27(35)36)22(30)14-17(18)23-24(30)26(34)31(25(23)33)19-8-5-6-9-20(19)32/h5-6,8-9,15-17,21-24,32H,7,10-14H2,1-4H3,(H,35,36)/t17-,21-,22+,23-,24+,28+,29-,30+/m1/s1. The molecule has 2 bridgehead atoms. The third-order valence-corrected chi connectivity index (χ3v) is 11.3. The number of phenolic OH excluding ortho intramolecular Hbond substituents is 1. The summed E-state index contributed by atoms with van der Waals surface area (Å²) in [6.07, 6.45) is 7.24. The van der Waals surface area contributed by atoms with Crippen molar-refractivity contribution in [3.05, 3.63) is 35.9 Å². The third kappa shape index (κ3) is 2.71. The van der Waals surface area contributed by atoms with Gasteiger partial charge < -0.3 is 10.2 Å². The lowest BCUT2D eigenvalue weighted by Gasteiger charge is -2.68. The summed E-state index contributed by atoms with van der Waals surface area (Å²) in [4.78, 5) is 41.9. The fourth-order valence-electron chi connectivity index (χ4n) is 9.85. The second kappa shape index (κ2) is 7.45. The second-order valence-electron chi connectivity index (χ2n) is 13.0. The summed E-state index contributed by atoms with van der Waals surface area (Å²) in [5, 5.41) is 20.8. The number of aliphatic carboxylic acids is 1. The molecule has 7 rings (SSSR count). The van der Waals surface area contributed by atoms with Crippen molar-refractivity contribution in [2.24, 2.45) is 51.8 Å². The van der Waals surface area contributed by atoms with Gasteiger partial charge in [-0.05, 0) is 80.2 Å². The highest BCUT2D eigenvalue weighted by atomic mass is 16.4. The number of rotatable bonds is 3. The molecule has 1 aliphatic heterocycles. The number of hydrogen-bond donors (Lipinski definition) is 2. The molecule has 5 aliphatic carbocycles. The maximum Gasteiger partial charge on any atom is 0.309 e. The molecule has 0 aromatic heterocycles. The molecule has 2 amide bonds. The topological polar surface area (TPSA) is 94.9 Å². The van der Waals surface area contributed by atoms with Crippen molar-refractivity contribution in [2.45, 2.75) is 66.2 Å². The molecular weight excluding hydrogens is 454 g/mol. The van der Waals surface area contributed by atoms with E-state index >= 15 is 0 Å². The highest BCUT2D eigenvalue weighted by molar-refractivity contribution is 6.23. The molecule has 192 valence electrons. The van der Waals surface area contributed by atoms with E-state index in [9.17, 15) is 24.6 Å². The SMILES string of the molecule is CC(C)C1=C[C@@]23CC[C@@H]4[C@](C)(CCC[C@@]4(C)C(=O)O)[C@@H]2C[C@H]1[C@H]1C(=O)N(c2ccccc2O)C(=O)[C@H]13. The van der Waals surface area contributed by atoms with Crippen LogP contribution in [0.3, 0.4) is 0 Å². The van der Waals surface area contributed by atoms with Crippen LogP contribution in [0.25, 0.3) is 0 Å². The molecule has 8 atom stereocenters. The van der Waals surface area contributed by atoms with Gasteiger partial charge in [0.15, 0.2) is 0 Å². The van der Waals surface area contributed by atoms with E-state index in [0.717, 1.165) is 32.1 Å². The number of fused-ring (bicyclic) bond motifs is 1. The number of hydrogen-bond acceptors (Lipinski definition) is 4.